The molecule has 0 aromatic heterocycles. The van der Waals surface area contributed by atoms with Crippen molar-refractivity contribution in [1.29, 1.82) is 0 Å². The molecular weight excluding hydrogens is 295 g/mol. The van der Waals surface area contributed by atoms with Crippen LogP contribution in [0.25, 0.3) is 0 Å². The molecule has 5 heteroatoms. The molecule has 1 N–H and O–H groups in total. The van der Waals surface area contributed by atoms with Crippen molar-refractivity contribution in [1.82, 2.24) is 10.2 Å². The Bertz CT molecular complexity index is 473. The highest BCUT2D eigenvalue weighted by Gasteiger charge is 2.23. The molecule has 1 atom stereocenters. The quantitative estimate of drug-likeness (QED) is 0.900. The predicted molar refractivity (Wildman–Crippen MR) is 83.7 cm³/mol. The summed E-state index contributed by atoms with van der Waals surface area (Å²) in [6.45, 7) is 4.61. The topological polar surface area (TPSA) is 32.3 Å². The SMILES string of the molecule is CCCN(CC1CCCN1)C(=O)c1ccc(Cl)cc1Cl. The molecule has 1 fully saturated rings. The van der Waals surface area contributed by atoms with Gasteiger partial charge in [-0.2, -0.15) is 0 Å². The lowest BCUT2D eigenvalue weighted by atomic mass is 10.1. The van der Waals surface area contributed by atoms with Crippen molar-refractivity contribution < 1.29 is 4.79 Å². The van der Waals surface area contributed by atoms with Crippen LogP contribution in [0.5, 0.6) is 0 Å². The Balaban J connectivity index is 2.12. The maximum absolute atomic E-state index is 12.6. The van der Waals surface area contributed by atoms with E-state index < -0.39 is 0 Å². The summed E-state index contributed by atoms with van der Waals surface area (Å²) in [7, 11) is 0. The van der Waals surface area contributed by atoms with Crippen molar-refractivity contribution in [3.05, 3.63) is 33.8 Å². The number of hydrogen-bond acceptors (Lipinski definition) is 2. The van der Waals surface area contributed by atoms with Crippen LogP contribution in [0.15, 0.2) is 18.2 Å². The number of hydrogen-bond donors (Lipinski definition) is 1. The molecule has 0 aliphatic carbocycles. The van der Waals surface area contributed by atoms with Gasteiger partial charge in [0, 0.05) is 24.2 Å². The Kier molecular flexibility index (Phi) is 5.70. The monoisotopic (exact) mass is 314 g/mol. The van der Waals surface area contributed by atoms with Gasteiger partial charge in [-0.05, 0) is 44.0 Å². The van der Waals surface area contributed by atoms with Crippen LogP contribution in [-0.4, -0.2) is 36.5 Å². The zero-order chi connectivity index (χ0) is 14.5. The number of rotatable bonds is 5. The number of halogens is 2. The Morgan fingerprint density at radius 3 is 2.85 bits per heavy atom. The summed E-state index contributed by atoms with van der Waals surface area (Å²) >= 11 is 12.0. The largest absolute Gasteiger partial charge is 0.337 e. The highest BCUT2D eigenvalue weighted by Crippen LogP contribution is 2.23. The van der Waals surface area contributed by atoms with Crippen molar-refractivity contribution >= 4 is 29.1 Å². The second-order valence-electron chi connectivity index (χ2n) is 5.17. The van der Waals surface area contributed by atoms with E-state index in [-0.39, 0.29) is 5.91 Å². The first kappa shape index (κ1) is 15.6. The van der Waals surface area contributed by atoms with Gasteiger partial charge in [0.15, 0.2) is 0 Å². The second-order valence-corrected chi connectivity index (χ2v) is 6.01. The van der Waals surface area contributed by atoms with Crippen LogP contribution in [-0.2, 0) is 0 Å². The zero-order valence-corrected chi connectivity index (χ0v) is 13.2. The summed E-state index contributed by atoms with van der Waals surface area (Å²) < 4.78 is 0. The van der Waals surface area contributed by atoms with E-state index in [9.17, 15) is 4.79 Å². The van der Waals surface area contributed by atoms with E-state index in [1.165, 1.54) is 6.42 Å². The van der Waals surface area contributed by atoms with Crippen LogP contribution in [0.3, 0.4) is 0 Å². The van der Waals surface area contributed by atoms with E-state index in [1.54, 1.807) is 18.2 Å². The number of amides is 1. The molecule has 1 aromatic rings. The minimum atomic E-state index is -0.0118. The van der Waals surface area contributed by atoms with Crippen molar-refractivity contribution in [3.63, 3.8) is 0 Å². The molecule has 0 bridgehead atoms. The second kappa shape index (κ2) is 7.30. The molecule has 0 spiro atoms. The molecule has 1 aliphatic heterocycles. The van der Waals surface area contributed by atoms with Crippen LogP contribution >= 0.6 is 23.2 Å². The molecule has 2 rings (SSSR count). The average Bonchev–Trinajstić information content (AvgIpc) is 2.90. The maximum Gasteiger partial charge on any atom is 0.255 e. The first-order valence-corrected chi connectivity index (χ1v) is 7.85. The van der Waals surface area contributed by atoms with Gasteiger partial charge < -0.3 is 10.2 Å². The van der Waals surface area contributed by atoms with E-state index in [0.29, 0.717) is 21.7 Å². The van der Waals surface area contributed by atoms with Crippen LogP contribution in [0.2, 0.25) is 10.0 Å². The maximum atomic E-state index is 12.6. The van der Waals surface area contributed by atoms with Gasteiger partial charge >= 0.3 is 0 Å². The number of nitrogens with one attached hydrogen (secondary N) is 1. The fourth-order valence-electron chi connectivity index (χ4n) is 2.56. The summed E-state index contributed by atoms with van der Waals surface area (Å²) in [6, 6.07) is 5.43. The standard InChI is InChI=1S/C15H20Cl2N2O/c1-2-8-19(10-12-4-3-7-18-12)15(20)13-6-5-11(16)9-14(13)17/h5-6,9,12,18H,2-4,7-8,10H2,1H3. The summed E-state index contributed by atoms with van der Waals surface area (Å²) in [5, 5.41) is 4.39. The van der Waals surface area contributed by atoms with Gasteiger partial charge in [0.05, 0.1) is 10.6 Å². The predicted octanol–water partition coefficient (Wildman–Crippen LogP) is 3.60. The molecule has 0 saturated carbocycles. The number of nitrogens with zero attached hydrogens (tertiary/aromatic N) is 1. The Morgan fingerprint density at radius 2 is 2.25 bits per heavy atom. The molecule has 1 heterocycles. The third-order valence-electron chi connectivity index (χ3n) is 3.55. The van der Waals surface area contributed by atoms with E-state index in [0.717, 1.165) is 32.5 Å². The molecule has 1 aromatic carbocycles. The first-order valence-electron chi connectivity index (χ1n) is 7.09. The molecule has 1 unspecified atom stereocenters. The molecule has 3 nitrogen and oxygen atoms in total. The summed E-state index contributed by atoms with van der Waals surface area (Å²) in [4.78, 5) is 14.5. The van der Waals surface area contributed by atoms with Crippen molar-refractivity contribution in [3.8, 4) is 0 Å². The molecule has 1 aliphatic rings. The van der Waals surface area contributed by atoms with Gasteiger partial charge in [0.1, 0.15) is 0 Å². The van der Waals surface area contributed by atoms with Crippen LogP contribution in [0, 0.1) is 0 Å². The zero-order valence-electron chi connectivity index (χ0n) is 11.7. The Labute approximate surface area is 130 Å². The summed E-state index contributed by atoms with van der Waals surface area (Å²) in [5.74, 6) is -0.0118. The van der Waals surface area contributed by atoms with Crippen LogP contribution in [0.4, 0.5) is 0 Å². The van der Waals surface area contributed by atoms with Gasteiger partial charge in [-0.1, -0.05) is 30.1 Å². The molecular formula is C15H20Cl2N2O. The normalized spacial score (nSPS) is 18.2. The van der Waals surface area contributed by atoms with Gasteiger partial charge in [-0.3, -0.25) is 4.79 Å². The summed E-state index contributed by atoms with van der Waals surface area (Å²) in [5.41, 5.74) is 0.530. The van der Waals surface area contributed by atoms with Gasteiger partial charge in [-0.15, -0.1) is 0 Å². The van der Waals surface area contributed by atoms with Crippen molar-refractivity contribution in [2.24, 2.45) is 0 Å². The van der Waals surface area contributed by atoms with E-state index in [4.69, 9.17) is 23.2 Å². The smallest absolute Gasteiger partial charge is 0.255 e. The average molecular weight is 315 g/mol. The van der Waals surface area contributed by atoms with Crippen LogP contribution in [0.1, 0.15) is 36.5 Å². The lowest BCUT2D eigenvalue weighted by molar-refractivity contribution is 0.0742. The fourth-order valence-corrected chi connectivity index (χ4v) is 3.05. The molecule has 20 heavy (non-hydrogen) atoms. The number of benzene rings is 1. The lowest BCUT2D eigenvalue weighted by Crippen LogP contribution is -2.41. The van der Waals surface area contributed by atoms with Crippen LogP contribution < -0.4 is 5.32 Å². The first-order chi connectivity index (χ1) is 9.61. The Morgan fingerprint density at radius 1 is 1.45 bits per heavy atom. The Hall–Kier alpha value is -0.770. The third kappa shape index (κ3) is 3.87. The fraction of sp³-hybridized carbons (Fsp3) is 0.533. The lowest BCUT2D eigenvalue weighted by Gasteiger charge is -2.26. The summed E-state index contributed by atoms with van der Waals surface area (Å²) in [6.07, 6.45) is 3.24. The van der Waals surface area contributed by atoms with Gasteiger partial charge in [-0.25, -0.2) is 0 Å². The van der Waals surface area contributed by atoms with Crippen molar-refractivity contribution in [2.45, 2.75) is 32.2 Å². The molecule has 1 saturated heterocycles. The highest BCUT2D eigenvalue weighted by atomic mass is 35.5. The minimum absolute atomic E-state index is 0.0118. The van der Waals surface area contributed by atoms with Crippen molar-refractivity contribution in [2.75, 3.05) is 19.6 Å². The molecule has 1 amide bonds. The number of carbonyl (C=O) groups is 1. The molecule has 110 valence electrons. The third-order valence-corrected chi connectivity index (χ3v) is 4.09. The highest BCUT2D eigenvalue weighted by molar-refractivity contribution is 6.36. The van der Waals surface area contributed by atoms with E-state index in [2.05, 4.69) is 12.2 Å². The minimum Gasteiger partial charge on any atom is -0.337 e. The molecule has 0 radical (unpaired) electrons. The van der Waals surface area contributed by atoms with Gasteiger partial charge in [0.25, 0.3) is 5.91 Å². The number of carbonyl (C=O) groups excluding carboxylic acids is 1. The van der Waals surface area contributed by atoms with E-state index in [1.807, 2.05) is 4.90 Å². The van der Waals surface area contributed by atoms with E-state index >= 15 is 0 Å². The van der Waals surface area contributed by atoms with Gasteiger partial charge in [0.2, 0.25) is 0 Å².